The molecule has 8 heteroatoms. The maximum absolute atomic E-state index is 12.2. The molecule has 5 nitrogen and oxygen atoms in total. The van der Waals surface area contributed by atoms with Crippen LogP contribution in [0.1, 0.15) is 17.5 Å². The van der Waals surface area contributed by atoms with Gasteiger partial charge in [-0.2, -0.15) is 0 Å². The van der Waals surface area contributed by atoms with Crippen molar-refractivity contribution in [3.8, 4) is 5.75 Å². The first-order chi connectivity index (χ1) is 11.8. The molecule has 0 aromatic heterocycles. The number of carbonyl (C=O) groups is 1. The predicted molar refractivity (Wildman–Crippen MR) is 94.7 cm³/mol. The normalized spacial score (nSPS) is 14.7. The Bertz CT molecular complexity index is 996. The average Bonchev–Trinajstić information content (AvgIpc) is 2.76. The minimum Gasteiger partial charge on any atom is -0.489 e. The number of fused-ring (bicyclic) bond motifs is 1. The molecule has 25 heavy (non-hydrogen) atoms. The Morgan fingerprint density at radius 3 is 2.56 bits per heavy atom. The summed E-state index contributed by atoms with van der Waals surface area (Å²) in [5, 5.41) is 10.8. The lowest BCUT2D eigenvalue weighted by atomic mass is 10.0. The standard InChI is InChI=1S/C17H12Cl2O5S/c18-12-2-1-10(15(19)6-12)8-24-13-3-4-14-11(5-17(20)21)9-25(22,23)16(14)7-13/h1-4,6-7,9H,5,8H2,(H,20,21). The number of halogens is 2. The number of carboxylic acids is 1. The highest BCUT2D eigenvalue weighted by atomic mass is 35.5. The van der Waals surface area contributed by atoms with Crippen LogP contribution in [-0.4, -0.2) is 19.5 Å². The van der Waals surface area contributed by atoms with Gasteiger partial charge in [0.1, 0.15) is 12.4 Å². The average molecular weight is 399 g/mol. The second kappa shape index (κ2) is 6.71. The van der Waals surface area contributed by atoms with Crippen LogP contribution in [-0.2, 0) is 21.2 Å². The summed E-state index contributed by atoms with van der Waals surface area (Å²) in [6.45, 7) is 0.143. The first-order valence-corrected chi connectivity index (χ1v) is 9.45. The molecule has 0 unspecified atom stereocenters. The van der Waals surface area contributed by atoms with Gasteiger partial charge in [-0.3, -0.25) is 4.79 Å². The van der Waals surface area contributed by atoms with E-state index in [1.165, 1.54) is 6.07 Å². The van der Waals surface area contributed by atoms with Crippen LogP contribution in [0.15, 0.2) is 46.7 Å². The van der Waals surface area contributed by atoms with Gasteiger partial charge in [0.25, 0.3) is 0 Å². The lowest BCUT2D eigenvalue weighted by molar-refractivity contribution is -0.135. The third kappa shape index (κ3) is 3.81. The number of sulfone groups is 1. The summed E-state index contributed by atoms with van der Waals surface area (Å²) in [5.41, 5.74) is 1.35. The zero-order valence-corrected chi connectivity index (χ0v) is 15.0. The van der Waals surface area contributed by atoms with Gasteiger partial charge in [-0.15, -0.1) is 0 Å². The summed E-state index contributed by atoms with van der Waals surface area (Å²) < 4.78 is 30.0. The van der Waals surface area contributed by atoms with Crippen LogP contribution in [0.2, 0.25) is 10.0 Å². The van der Waals surface area contributed by atoms with E-state index in [2.05, 4.69) is 0 Å². The molecule has 0 spiro atoms. The number of aliphatic carboxylic acids is 1. The lowest BCUT2D eigenvalue weighted by Gasteiger charge is -2.10. The van der Waals surface area contributed by atoms with Gasteiger partial charge in [-0.05, 0) is 41.5 Å². The van der Waals surface area contributed by atoms with E-state index in [0.717, 1.165) is 5.41 Å². The van der Waals surface area contributed by atoms with Crippen LogP contribution >= 0.6 is 23.2 Å². The summed E-state index contributed by atoms with van der Waals surface area (Å²) in [5.74, 6) is -0.745. The van der Waals surface area contributed by atoms with E-state index in [1.54, 1.807) is 30.3 Å². The lowest BCUT2D eigenvalue weighted by Crippen LogP contribution is -1.99. The Labute approximate surface area is 154 Å². The zero-order chi connectivity index (χ0) is 18.2. The van der Waals surface area contributed by atoms with Crippen molar-refractivity contribution in [2.45, 2.75) is 17.9 Å². The SMILES string of the molecule is O=C(O)CC1=CS(=O)(=O)c2cc(OCc3ccc(Cl)cc3Cl)ccc21. The van der Waals surface area contributed by atoms with Gasteiger partial charge in [0, 0.05) is 21.0 Å². The molecule has 1 aliphatic heterocycles. The number of ether oxygens (including phenoxy) is 1. The van der Waals surface area contributed by atoms with Crippen molar-refractivity contribution in [2.75, 3.05) is 0 Å². The summed E-state index contributed by atoms with van der Waals surface area (Å²) in [4.78, 5) is 10.9. The Morgan fingerprint density at radius 2 is 1.88 bits per heavy atom. The third-order valence-corrected chi connectivity index (χ3v) is 5.79. The largest absolute Gasteiger partial charge is 0.489 e. The van der Waals surface area contributed by atoms with Crippen molar-refractivity contribution in [2.24, 2.45) is 0 Å². The molecular formula is C17H12Cl2O5S. The molecule has 1 aliphatic rings. The quantitative estimate of drug-likeness (QED) is 0.816. The smallest absolute Gasteiger partial charge is 0.307 e. The van der Waals surface area contributed by atoms with E-state index in [-0.39, 0.29) is 23.5 Å². The van der Waals surface area contributed by atoms with E-state index in [1.807, 2.05) is 0 Å². The fourth-order valence-corrected chi connectivity index (χ4v) is 4.47. The first-order valence-electron chi connectivity index (χ1n) is 7.15. The van der Waals surface area contributed by atoms with Gasteiger partial charge in [0.05, 0.1) is 11.3 Å². The minimum absolute atomic E-state index is 0.0449. The van der Waals surface area contributed by atoms with E-state index in [9.17, 15) is 13.2 Å². The van der Waals surface area contributed by atoms with Crippen LogP contribution in [0.5, 0.6) is 5.75 Å². The molecule has 0 amide bonds. The van der Waals surface area contributed by atoms with Crippen molar-refractivity contribution in [3.63, 3.8) is 0 Å². The van der Waals surface area contributed by atoms with Gasteiger partial charge in [-0.25, -0.2) is 8.42 Å². The number of hydrogen-bond donors (Lipinski definition) is 1. The maximum Gasteiger partial charge on any atom is 0.307 e. The Morgan fingerprint density at radius 1 is 1.12 bits per heavy atom. The third-order valence-electron chi connectivity index (χ3n) is 3.65. The maximum atomic E-state index is 12.2. The van der Waals surface area contributed by atoms with Gasteiger partial charge in [-0.1, -0.05) is 29.3 Å². The van der Waals surface area contributed by atoms with Crippen LogP contribution in [0.25, 0.3) is 5.57 Å². The van der Waals surface area contributed by atoms with E-state index >= 15 is 0 Å². The van der Waals surface area contributed by atoms with E-state index in [0.29, 0.717) is 26.9 Å². The Hall–Kier alpha value is -2.02. The minimum atomic E-state index is -3.67. The highest BCUT2D eigenvalue weighted by Crippen LogP contribution is 2.37. The van der Waals surface area contributed by atoms with Crippen LogP contribution in [0, 0.1) is 0 Å². The van der Waals surface area contributed by atoms with Crippen LogP contribution in [0.3, 0.4) is 0 Å². The highest BCUT2D eigenvalue weighted by molar-refractivity contribution is 7.95. The van der Waals surface area contributed by atoms with Crippen molar-refractivity contribution in [1.82, 2.24) is 0 Å². The molecule has 0 saturated carbocycles. The number of hydrogen-bond acceptors (Lipinski definition) is 4. The Kier molecular flexibility index (Phi) is 4.77. The first kappa shape index (κ1) is 17.8. The van der Waals surface area contributed by atoms with Gasteiger partial charge < -0.3 is 9.84 Å². The molecule has 0 radical (unpaired) electrons. The summed E-state index contributed by atoms with van der Waals surface area (Å²) in [6, 6.07) is 9.53. The molecule has 0 atom stereocenters. The van der Waals surface area contributed by atoms with E-state index in [4.69, 9.17) is 33.0 Å². The molecule has 130 valence electrons. The van der Waals surface area contributed by atoms with E-state index < -0.39 is 15.8 Å². The van der Waals surface area contributed by atoms with Crippen molar-refractivity contribution < 1.29 is 23.1 Å². The fraction of sp³-hybridized carbons (Fsp3) is 0.118. The second-order valence-electron chi connectivity index (χ2n) is 5.44. The van der Waals surface area contributed by atoms with Gasteiger partial charge in [0.2, 0.25) is 9.84 Å². The summed E-state index contributed by atoms with van der Waals surface area (Å²) >= 11 is 11.9. The topological polar surface area (TPSA) is 80.7 Å². The van der Waals surface area contributed by atoms with Crippen molar-refractivity contribution in [3.05, 3.63) is 63.0 Å². The molecule has 0 saturated heterocycles. The molecule has 1 N–H and O–H groups in total. The second-order valence-corrected chi connectivity index (χ2v) is 8.05. The summed E-state index contributed by atoms with van der Waals surface area (Å²) in [6.07, 6.45) is -0.354. The van der Waals surface area contributed by atoms with Gasteiger partial charge >= 0.3 is 5.97 Å². The molecule has 0 bridgehead atoms. The highest BCUT2D eigenvalue weighted by Gasteiger charge is 2.28. The molecule has 3 rings (SSSR count). The van der Waals surface area contributed by atoms with Crippen molar-refractivity contribution >= 4 is 44.6 Å². The Balaban J connectivity index is 1.84. The summed E-state index contributed by atoms with van der Waals surface area (Å²) in [7, 11) is -3.67. The van der Waals surface area contributed by atoms with Crippen molar-refractivity contribution in [1.29, 1.82) is 0 Å². The van der Waals surface area contributed by atoms with Crippen LogP contribution in [0.4, 0.5) is 0 Å². The number of carboxylic acid groups (broad SMARTS) is 1. The molecule has 0 fully saturated rings. The predicted octanol–water partition coefficient (Wildman–Crippen LogP) is 4.18. The molecule has 2 aromatic rings. The molecular weight excluding hydrogens is 387 g/mol. The number of benzene rings is 2. The fourth-order valence-electron chi connectivity index (χ4n) is 2.51. The molecule has 0 aliphatic carbocycles. The monoisotopic (exact) mass is 398 g/mol. The van der Waals surface area contributed by atoms with Crippen LogP contribution < -0.4 is 4.74 Å². The molecule has 1 heterocycles. The molecule has 2 aromatic carbocycles. The number of rotatable bonds is 5. The zero-order valence-electron chi connectivity index (χ0n) is 12.7. The van der Waals surface area contributed by atoms with Gasteiger partial charge in [0.15, 0.2) is 0 Å².